The molecular weight excluding hydrogens is 391 g/mol. The van der Waals surface area contributed by atoms with Crippen molar-refractivity contribution in [3.05, 3.63) is 70.2 Å². The van der Waals surface area contributed by atoms with Crippen LogP contribution in [0.5, 0.6) is 5.75 Å². The van der Waals surface area contributed by atoms with Crippen LogP contribution in [-0.4, -0.2) is 27.5 Å². The molecule has 0 fully saturated rings. The molecule has 0 saturated heterocycles. The molecule has 4 aromatic rings. The number of benzene rings is 1. The van der Waals surface area contributed by atoms with Crippen LogP contribution >= 0.6 is 11.3 Å². The quantitative estimate of drug-likeness (QED) is 0.463. The van der Waals surface area contributed by atoms with Gasteiger partial charge in [-0.2, -0.15) is 18.3 Å². The van der Waals surface area contributed by atoms with Gasteiger partial charge in [-0.25, -0.2) is 9.50 Å². The van der Waals surface area contributed by atoms with Crippen LogP contribution in [0.4, 0.5) is 13.2 Å². The van der Waals surface area contributed by atoms with E-state index >= 15 is 0 Å². The Labute approximate surface area is 161 Å². The normalized spacial score (nSPS) is 11.7. The molecular formula is C19H12F3N3O2S. The van der Waals surface area contributed by atoms with E-state index in [0.29, 0.717) is 20.7 Å². The third-order valence-electron chi connectivity index (χ3n) is 4.14. The van der Waals surface area contributed by atoms with Gasteiger partial charge < -0.3 is 4.74 Å². The van der Waals surface area contributed by atoms with Gasteiger partial charge in [-0.15, -0.1) is 11.3 Å². The van der Waals surface area contributed by atoms with Gasteiger partial charge >= 0.3 is 6.18 Å². The van der Waals surface area contributed by atoms with Gasteiger partial charge in [0.1, 0.15) is 5.75 Å². The number of carbonyl (C=O) groups is 1. The number of nitrogens with zero attached hydrogens (tertiary/aromatic N) is 3. The van der Waals surface area contributed by atoms with E-state index in [-0.39, 0.29) is 16.9 Å². The summed E-state index contributed by atoms with van der Waals surface area (Å²) >= 11 is 1.20. The fourth-order valence-electron chi connectivity index (χ4n) is 2.78. The molecule has 9 heteroatoms. The van der Waals surface area contributed by atoms with E-state index < -0.39 is 17.7 Å². The van der Waals surface area contributed by atoms with Gasteiger partial charge in [0.05, 0.1) is 29.4 Å². The van der Waals surface area contributed by atoms with E-state index in [1.165, 1.54) is 18.4 Å². The fraction of sp³-hybridized carbons (Fsp3) is 0.105. The lowest BCUT2D eigenvalue weighted by Crippen LogP contribution is -2.14. The van der Waals surface area contributed by atoms with Crippen molar-refractivity contribution in [2.24, 2.45) is 0 Å². The molecule has 3 heterocycles. The molecule has 0 unspecified atom stereocenters. The number of alkyl halides is 3. The van der Waals surface area contributed by atoms with E-state index in [1.54, 1.807) is 41.8 Å². The molecule has 0 amide bonds. The van der Waals surface area contributed by atoms with Gasteiger partial charge in [-0.3, -0.25) is 4.79 Å². The molecule has 0 saturated carbocycles. The highest BCUT2D eigenvalue weighted by Crippen LogP contribution is 2.33. The van der Waals surface area contributed by atoms with E-state index in [0.717, 1.165) is 12.3 Å². The molecule has 0 bridgehead atoms. The Bertz CT molecular complexity index is 1150. The number of carbonyl (C=O) groups excluding carboxylic acids is 1. The van der Waals surface area contributed by atoms with Gasteiger partial charge in [-0.05, 0) is 41.8 Å². The number of ether oxygens (including phenoxy) is 1. The number of fused-ring (bicyclic) bond motifs is 1. The lowest BCUT2D eigenvalue weighted by molar-refractivity contribution is -0.142. The highest BCUT2D eigenvalue weighted by atomic mass is 32.1. The third kappa shape index (κ3) is 3.13. The summed E-state index contributed by atoms with van der Waals surface area (Å²) < 4.78 is 46.6. The zero-order chi connectivity index (χ0) is 19.9. The van der Waals surface area contributed by atoms with Crippen molar-refractivity contribution in [3.8, 4) is 17.0 Å². The molecule has 0 aliphatic rings. The van der Waals surface area contributed by atoms with Crippen LogP contribution < -0.4 is 4.74 Å². The van der Waals surface area contributed by atoms with Crippen LogP contribution in [0.2, 0.25) is 0 Å². The first-order valence-corrected chi connectivity index (χ1v) is 8.95. The smallest absolute Gasteiger partial charge is 0.433 e. The maximum Gasteiger partial charge on any atom is 0.433 e. The summed E-state index contributed by atoms with van der Waals surface area (Å²) in [4.78, 5) is 17.4. The van der Waals surface area contributed by atoms with Crippen LogP contribution in [-0.2, 0) is 6.18 Å². The number of hydrogen-bond acceptors (Lipinski definition) is 5. The van der Waals surface area contributed by atoms with Crippen LogP contribution in [0.1, 0.15) is 20.9 Å². The SMILES string of the molecule is COc1ccc(-c2cc(C(F)(F)F)n3ncc(C(=O)c4cccs4)c3n2)cc1. The molecule has 0 N–H and O–H groups in total. The van der Waals surface area contributed by atoms with Crippen molar-refractivity contribution in [2.45, 2.75) is 6.18 Å². The first-order chi connectivity index (χ1) is 13.4. The monoisotopic (exact) mass is 403 g/mol. The largest absolute Gasteiger partial charge is 0.497 e. The van der Waals surface area contributed by atoms with Gasteiger partial charge in [0.15, 0.2) is 11.3 Å². The first-order valence-electron chi connectivity index (χ1n) is 8.07. The van der Waals surface area contributed by atoms with Gasteiger partial charge in [0.2, 0.25) is 5.78 Å². The third-order valence-corrected chi connectivity index (χ3v) is 5.01. The minimum absolute atomic E-state index is 0.0170. The molecule has 5 nitrogen and oxygen atoms in total. The average Bonchev–Trinajstić information content (AvgIpc) is 3.36. The van der Waals surface area contributed by atoms with E-state index in [4.69, 9.17) is 4.74 Å². The van der Waals surface area contributed by atoms with Crippen LogP contribution in [0.25, 0.3) is 16.9 Å². The molecule has 28 heavy (non-hydrogen) atoms. The maximum atomic E-state index is 13.6. The summed E-state index contributed by atoms with van der Waals surface area (Å²) in [6.07, 6.45) is -3.55. The second kappa shape index (κ2) is 6.75. The van der Waals surface area contributed by atoms with E-state index in [2.05, 4.69) is 10.1 Å². The molecule has 1 aromatic carbocycles. The molecule has 0 aliphatic heterocycles. The highest BCUT2D eigenvalue weighted by molar-refractivity contribution is 7.12. The van der Waals surface area contributed by atoms with E-state index in [9.17, 15) is 18.0 Å². The number of halogens is 3. The predicted molar refractivity (Wildman–Crippen MR) is 97.7 cm³/mol. The van der Waals surface area contributed by atoms with E-state index in [1.807, 2.05) is 0 Å². The second-order valence-corrected chi connectivity index (χ2v) is 6.80. The number of rotatable bonds is 4. The number of aromatic nitrogens is 3. The Morgan fingerprint density at radius 1 is 1.18 bits per heavy atom. The molecule has 4 rings (SSSR count). The lowest BCUT2D eigenvalue weighted by Gasteiger charge is -2.11. The molecule has 0 aliphatic carbocycles. The van der Waals surface area contributed by atoms with Gasteiger partial charge in [0.25, 0.3) is 0 Å². The summed E-state index contributed by atoms with van der Waals surface area (Å²) in [6.45, 7) is 0. The number of ketones is 1. The first kappa shape index (κ1) is 18.2. The van der Waals surface area contributed by atoms with Crippen molar-refractivity contribution in [1.29, 1.82) is 0 Å². The Morgan fingerprint density at radius 2 is 1.93 bits per heavy atom. The summed E-state index contributed by atoms with van der Waals surface area (Å²) in [7, 11) is 1.50. The molecule has 3 aromatic heterocycles. The van der Waals surface area contributed by atoms with Crippen LogP contribution in [0.15, 0.2) is 54.0 Å². The van der Waals surface area contributed by atoms with Crippen LogP contribution in [0, 0.1) is 0 Å². The number of hydrogen-bond donors (Lipinski definition) is 0. The molecule has 0 spiro atoms. The minimum atomic E-state index is -4.67. The lowest BCUT2D eigenvalue weighted by atomic mass is 10.1. The maximum absolute atomic E-state index is 13.6. The summed E-state index contributed by atoms with van der Waals surface area (Å²) in [6, 6.07) is 10.7. The topological polar surface area (TPSA) is 56.5 Å². The zero-order valence-electron chi connectivity index (χ0n) is 14.4. The Balaban J connectivity index is 1.93. The van der Waals surface area contributed by atoms with Crippen molar-refractivity contribution in [3.63, 3.8) is 0 Å². The summed E-state index contributed by atoms with van der Waals surface area (Å²) in [5, 5.41) is 5.49. The summed E-state index contributed by atoms with van der Waals surface area (Å²) in [5.41, 5.74) is -0.580. The highest BCUT2D eigenvalue weighted by Gasteiger charge is 2.36. The summed E-state index contributed by atoms with van der Waals surface area (Å²) in [5.74, 6) is 0.149. The zero-order valence-corrected chi connectivity index (χ0v) is 15.2. The van der Waals surface area contributed by atoms with Crippen molar-refractivity contribution in [1.82, 2.24) is 14.6 Å². The van der Waals surface area contributed by atoms with Crippen LogP contribution in [0.3, 0.4) is 0 Å². The number of methoxy groups -OCH3 is 1. The van der Waals surface area contributed by atoms with Gasteiger partial charge in [0, 0.05) is 5.56 Å². The van der Waals surface area contributed by atoms with Crippen molar-refractivity contribution >= 4 is 22.8 Å². The Morgan fingerprint density at radius 3 is 2.54 bits per heavy atom. The molecule has 142 valence electrons. The van der Waals surface area contributed by atoms with Crippen molar-refractivity contribution < 1.29 is 22.7 Å². The van der Waals surface area contributed by atoms with Crippen molar-refractivity contribution in [2.75, 3.05) is 7.11 Å². The molecule has 0 atom stereocenters. The average molecular weight is 403 g/mol. The Hall–Kier alpha value is -3.20. The standard InChI is InChI=1S/C19H12F3N3O2S/c1-27-12-6-4-11(5-7-12)14-9-16(19(20,21)22)25-18(24-14)13(10-23-25)17(26)15-3-2-8-28-15/h2-10H,1H3. The second-order valence-electron chi connectivity index (χ2n) is 5.85. The Kier molecular flexibility index (Phi) is 4.38. The molecule has 0 radical (unpaired) electrons. The minimum Gasteiger partial charge on any atom is -0.497 e. The number of thiophene rings is 1. The van der Waals surface area contributed by atoms with Gasteiger partial charge in [-0.1, -0.05) is 6.07 Å². The predicted octanol–water partition coefficient (Wildman–Crippen LogP) is 4.72. The fourth-order valence-corrected chi connectivity index (χ4v) is 3.45.